The molecule has 0 saturated carbocycles. The van der Waals surface area contributed by atoms with Gasteiger partial charge in [0.05, 0.1) is 6.07 Å². The first-order valence-corrected chi connectivity index (χ1v) is 4.14. The second-order valence-corrected chi connectivity index (χ2v) is 3.15. The summed E-state index contributed by atoms with van der Waals surface area (Å²) in [5, 5.41) is 8.22. The molecule has 0 unspecified atom stereocenters. The van der Waals surface area contributed by atoms with Gasteiger partial charge in [0.2, 0.25) is 0 Å². The zero-order valence-corrected chi connectivity index (χ0v) is 7.06. The first kappa shape index (κ1) is 9.49. The van der Waals surface area contributed by atoms with E-state index in [1.54, 1.807) is 0 Å². The lowest BCUT2D eigenvalue weighted by molar-refractivity contribution is 0.529. The highest BCUT2D eigenvalue weighted by molar-refractivity contribution is 4.67. The monoisotopic (exact) mass is 139 g/mol. The summed E-state index contributed by atoms with van der Waals surface area (Å²) >= 11 is 0. The molecule has 0 rings (SSSR count). The Balaban J connectivity index is 2.86. The largest absolute Gasteiger partial charge is 0.198 e. The molecule has 0 atom stereocenters. The van der Waals surface area contributed by atoms with Crippen molar-refractivity contribution in [2.75, 3.05) is 0 Å². The summed E-state index contributed by atoms with van der Waals surface area (Å²) in [6.45, 7) is 4.48. The van der Waals surface area contributed by atoms with Crippen molar-refractivity contribution in [2.24, 2.45) is 5.92 Å². The van der Waals surface area contributed by atoms with Gasteiger partial charge in [0.15, 0.2) is 0 Å². The lowest BCUT2D eigenvalue weighted by Gasteiger charge is -2.01. The summed E-state index contributed by atoms with van der Waals surface area (Å²) in [5.41, 5.74) is 0. The maximum Gasteiger partial charge on any atom is 0.0621 e. The average molecular weight is 139 g/mol. The Bertz CT molecular complexity index is 99.8. The van der Waals surface area contributed by atoms with Crippen LogP contribution in [0.2, 0.25) is 0 Å². The molecule has 1 nitrogen and oxygen atoms in total. The SMILES string of the molecule is CC(C)CCCCCC#N. The minimum atomic E-state index is 0.734. The van der Waals surface area contributed by atoms with E-state index < -0.39 is 0 Å². The maximum absolute atomic E-state index is 8.22. The smallest absolute Gasteiger partial charge is 0.0621 e. The van der Waals surface area contributed by atoms with Crippen LogP contribution < -0.4 is 0 Å². The molecular weight excluding hydrogens is 122 g/mol. The van der Waals surface area contributed by atoms with E-state index in [2.05, 4.69) is 19.9 Å². The van der Waals surface area contributed by atoms with Crippen LogP contribution in [0.15, 0.2) is 0 Å². The van der Waals surface area contributed by atoms with Crippen molar-refractivity contribution in [2.45, 2.75) is 46.0 Å². The highest BCUT2D eigenvalue weighted by atomic mass is 14.2. The molecular formula is C9H17N. The Kier molecular flexibility index (Phi) is 6.27. The molecule has 0 radical (unpaired) electrons. The minimum absolute atomic E-state index is 0.734. The zero-order chi connectivity index (χ0) is 7.82. The van der Waals surface area contributed by atoms with Crippen LogP contribution in [0, 0.1) is 17.2 Å². The highest BCUT2D eigenvalue weighted by Crippen LogP contribution is 2.08. The third-order valence-electron chi connectivity index (χ3n) is 1.57. The number of nitrogens with zero attached hydrogens (tertiary/aromatic N) is 1. The molecule has 0 amide bonds. The molecule has 0 aliphatic rings. The van der Waals surface area contributed by atoms with Crippen LogP contribution in [0.25, 0.3) is 0 Å². The van der Waals surface area contributed by atoms with Crippen molar-refractivity contribution in [3.05, 3.63) is 0 Å². The van der Waals surface area contributed by atoms with E-state index in [1.165, 1.54) is 19.3 Å². The van der Waals surface area contributed by atoms with Crippen LogP contribution in [-0.2, 0) is 0 Å². The first-order chi connectivity index (χ1) is 4.77. The number of unbranched alkanes of at least 4 members (excludes halogenated alkanes) is 3. The van der Waals surface area contributed by atoms with Crippen molar-refractivity contribution in [1.82, 2.24) is 0 Å². The lowest BCUT2D eigenvalue weighted by atomic mass is 10.0. The van der Waals surface area contributed by atoms with Gasteiger partial charge in [0.1, 0.15) is 0 Å². The predicted molar refractivity (Wildman–Crippen MR) is 43.5 cm³/mol. The first-order valence-electron chi connectivity index (χ1n) is 4.14. The van der Waals surface area contributed by atoms with Crippen molar-refractivity contribution in [3.63, 3.8) is 0 Å². The van der Waals surface area contributed by atoms with E-state index in [0.29, 0.717) is 0 Å². The van der Waals surface area contributed by atoms with Gasteiger partial charge < -0.3 is 0 Å². The van der Waals surface area contributed by atoms with E-state index in [0.717, 1.165) is 18.8 Å². The molecule has 0 spiro atoms. The van der Waals surface area contributed by atoms with Crippen LogP contribution in [0.3, 0.4) is 0 Å². The number of rotatable bonds is 5. The van der Waals surface area contributed by atoms with Gasteiger partial charge in [-0.3, -0.25) is 0 Å². The van der Waals surface area contributed by atoms with Gasteiger partial charge in [-0.25, -0.2) is 0 Å². The van der Waals surface area contributed by atoms with Crippen LogP contribution in [-0.4, -0.2) is 0 Å². The molecule has 0 aliphatic carbocycles. The molecule has 1 heteroatoms. The van der Waals surface area contributed by atoms with E-state index >= 15 is 0 Å². The van der Waals surface area contributed by atoms with Crippen molar-refractivity contribution < 1.29 is 0 Å². The quantitative estimate of drug-likeness (QED) is 0.537. The maximum atomic E-state index is 8.22. The van der Waals surface area contributed by atoms with Gasteiger partial charge in [-0.1, -0.05) is 33.1 Å². The standard InChI is InChI=1S/C9H17N/c1-9(2)7-5-3-4-6-8-10/h9H,3-7H2,1-2H3. The summed E-state index contributed by atoms with van der Waals surface area (Å²) in [7, 11) is 0. The average Bonchev–Trinajstić information content (AvgIpc) is 1.87. The molecule has 0 fully saturated rings. The highest BCUT2D eigenvalue weighted by Gasteiger charge is 1.92. The van der Waals surface area contributed by atoms with Crippen LogP contribution in [0.4, 0.5) is 0 Å². The Morgan fingerprint density at radius 1 is 1.20 bits per heavy atom. The van der Waals surface area contributed by atoms with E-state index in [4.69, 9.17) is 5.26 Å². The normalized spacial score (nSPS) is 9.80. The zero-order valence-electron chi connectivity index (χ0n) is 7.06. The summed E-state index contributed by atoms with van der Waals surface area (Å²) in [6.07, 6.45) is 5.65. The van der Waals surface area contributed by atoms with E-state index in [1.807, 2.05) is 0 Å². The van der Waals surface area contributed by atoms with Crippen molar-refractivity contribution >= 4 is 0 Å². The third-order valence-corrected chi connectivity index (χ3v) is 1.57. The van der Waals surface area contributed by atoms with Crippen molar-refractivity contribution in [1.29, 1.82) is 5.26 Å². The summed E-state index contributed by atoms with van der Waals surface area (Å²) in [6, 6.07) is 2.16. The fourth-order valence-electron chi connectivity index (χ4n) is 0.933. The molecule has 0 N–H and O–H groups in total. The van der Waals surface area contributed by atoms with Gasteiger partial charge in [0, 0.05) is 6.42 Å². The van der Waals surface area contributed by atoms with Gasteiger partial charge >= 0.3 is 0 Å². The van der Waals surface area contributed by atoms with Crippen LogP contribution >= 0.6 is 0 Å². The molecule has 0 aromatic carbocycles. The molecule has 10 heavy (non-hydrogen) atoms. The summed E-state index contributed by atoms with van der Waals surface area (Å²) < 4.78 is 0. The minimum Gasteiger partial charge on any atom is -0.198 e. The van der Waals surface area contributed by atoms with Gasteiger partial charge in [-0.2, -0.15) is 5.26 Å². The summed E-state index contributed by atoms with van der Waals surface area (Å²) in [4.78, 5) is 0. The number of hydrogen-bond acceptors (Lipinski definition) is 1. The molecule has 0 bridgehead atoms. The van der Waals surface area contributed by atoms with Crippen LogP contribution in [0.1, 0.15) is 46.0 Å². The Morgan fingerprint density at radius 2 is 1.90 bits per heavy atom. The lowest BCUT2D eigenvalue weighted by Crippen LogP contribution is -1.86. The second-order valence-electron chi connectivity index (χ2n) is 3.15. The van der Waals surface area contributed by atoms with Crippen LogP contribution in [0.5, 0.6) is 0 Å². The number of hydrogen-bond donors (Lipinski definition) is 0. The van der Waals surface area contributed by atoms with Gasteiger partial charge in [0.25, 0.3) is 0 Å². The van der Waals surface area contributed by atoms with E-state index in [9.17, 15) is 0 Å². The van der Waals surface area contributed by atoms with Gasteiger partial charge in [-0.15, -0.1) is 0 Å². The fourth-order valence-corrected chi connectivity index (χ4v) is 0.933. The Hall–Kier alpha value is -0.510. The van der Waals surface area contributed by atoms with Gasteiger partial charge in [-0.05, 0) is 12.3 Å². The Morgan fingerprint density at radius 3 is 2.40 bits per heavy atom. The predicted octanol–water partition coefficient (Wildman–Crippen LogP) is 3.12. The Labute approximate surface area is 64.1 Å². The number of nitriles is 1. The fraction of sp³-hybridized carbons (Fsp3) is 0.889. The topological polar surface area (TPSA) is 23.8 Å². The molecule has 0 saturated heterocycles. The molecule has 0 aromatic heterocycles. The van der Waals surface area contributed by atoms with E-state index in [-0.39, 0.29) is 0 Å². The molecule has 58 valence electrons. The molecule has 0 heterocycles. The third kappa shape index (κ3) is 7.49. The molecule has 0 aliphatic heterocycles. The summed E-state index contributed by atoms with van der Waals surface area (Å²) in [5.74, 6) is 0.821. The van der Waals surface area contributed by atoms with Crippen molar-refractivity contribution in [3.8, 4) is 6.07 Å². The molecule has 0 aromatic rings. The second kappa shape index (κ2) is 6.61.